The van der Waals surface area contributed by atoms with E-state index < -0.39 is 5.91 Å². The lowest BCUT2D eigenvalue weighted by Crippen LogP contribution is -2.44. The van der Waals surface area contributed by atoms with Crippen LogP contribution in [0.5, 0.6) is 11.5 Å². The molecule has 0 bridgehead atoms. The first-order chi connectivity index (χ1) is 15.5. The average molecular weight is 476 g/mol. The molecule has 0 radical (unpaired) electrons. The number of nitrogens with zero attached hydrogens (tertiary/aromatic N) is 3. The van der Waals surface area contributed by atoms with Gasteiger partial charge >= 0.3 is 0 Å². The van der Waals surface area contributed by atoms with Gasteiger partial charge in [-0.15, -0.1) is 10.2 Å². The summed E-state index contributed by atoms with van der Waals surface area (Å²) in [5.41, 5.74) is 4.67. The summed E-state index contributed by atoms with van der Waals surface area (Å²) in [7, 11) is 0. The Morgan fingerprint density at radius 3 is 2.38 bits per heavy atom. The molecule has 3 aromatic rings. The highest BCUT2D eigenvalue weighted by atomic mass is 35.5. The molecule has 11 heteroatoms. The first-order valence-corrected chi connectivity index (χ1v) is 11.1. The number of thioether (sulfide) groups is 1. The zero-order valence-corrected chi connectivity index (χ0v) is 18.9. The maximum Gasteiger partial charge on any atom is 0.276 e. The fourth-order valence-electron chi connectivity index (χ4n) is 2.54. The van der Waals surface area contributed by atoms with Crippen molar-refractivity contribution < 1.29 is 19.1 Å². The number of carbonyl (C=O) groups excluding carboxylic acids is 2. The number of para-hydroxylation sites is 1. The van der Waals surface area contributed by atoms with Gasteiger partial charge in [0.05, 0.1) is 5.75 Å². The molecular weight excluding hydrogens is 454 g/mol. The Labute approximate surface area is 194 Å². The van der Waals surface area contributed by atoms with Crippen LogP contribution in [0.4, 0.5) is 0 Å². The molecule has 1 aromatic heterocycles. The number of hydrogen-bond donors (Lipinski definition) is 2. The molecule has 0 saturated heterocycles. The van der Waals surface area contributed by atoms with Crippen LogP contribution in [0.1, 0.15) is 12.7 Å². The Hall–Kier alpha value is -3.24. The third kappa shape index (κ3) is 7.17. The van der Waals surface area contributed by atoms with E-state index in [2.05, 4.69) is 21.0 Å². The quantitative estimate of drug-likeness (QED) is 0.343. The number of amides is 2. The van der Waals surface area contributed by atoms with Crippen molar-refractivity contribution in [2.75, 3.05) is 12.4 Å². The Kier molecular flexibility index (Phi) is 8.76. The molecule has 3 rings (SSSR count). The van der Waals surface area contributed by atoms with Gasteiger partial charge in [0.15, 0.2) is 17.6 Å². The number of rotatable bonds is 10. The molecule has 0 aliphatic rings. The monoisotopic (exact) mass is 475 g/mol. The fraction of sp³-hybridized carbons (Fsp3) is 0.238. The molecule has 168 valence electrons. The molecule has 32 heavy (non-hydrogen) atoms. The van der Waals surface area contributed by atoms with E-state index in [9.17, 15) is 9.59 Å². The van der Waals surface area contributed by atoms with Gasteiger partial charge in [0.1, 0.15) is 18.1 Å². The number of hydrazine groups is 1. The van der Waals surface area contributed by atoms with Crippen molar-refractivity contribution in [1.29, 1.82) is 0 Å². The van der Waals surface area contributed by atoms with Crippen molar-refractivity contribution in [3.63, 3.8) is 0 Å². The van der Waals surface area contributed by atoms with Crippen LogP contribution in [0.2, 0.25) is 5.02 Å². The van der Waals surface area contributed by atoms with Crippen molar-refractivity contribution in [3.8, 4) is 11.5 Å². The van der Waals surface area contributed by atoms with Crippen molar-refractivity contribution in [3.05, 3.63) is 65.4 Å². The first-order valence-electron chi connectivity index (χ1n) is 9.74. The molecule has 0 unspecified atom stereocenters. The van der Waals surface area contributed by atoms with Gasteiger partial charge in [0.2, 0.25) is 5.91 Å². The largest absolute Gasteiger partial charge is 0.486 e. The minimum atomic E-state index is -0.467. The molecular formula is C21H22ClN5O4S. The second-order valence-corrected chi connectivity index (χ2v) is 7.75. The Balaban J connectivity index is 1.41. The Morgan fingerprint density at radius 2 is 1.66 bits per heavy atom. The van der Waals surface area contributed by atoms with Crippen molar-refractivity contribution in [2.24, 2.45) is 0 Å². The summed E-state index contributed by atoms with van der Waals surface area (Å²) in [4.78, 5) is 23.9. The zero-order valence-electron chi connectivity index (χ0n) is 17.3. The van der Waals surface area contributed by atoms with Gasteiger partial charge in [-0.05, 0) is 43.3 Å². The molecule has 0 spiro atoms. The van der Waals surface area contributed by atoms with Crippen molar-refractivity contribution in [1.82, 2.24) is 25.6 Å². The topological polar surface area (TPSA) is 107 Å². The number of hydrogen-bond acceptors (Lipinski definition) is 7. The summed E-state index contributed by atoms with van der Waals surface area (Å²) >= 11 is 7.08. The molecule has 0 saturated carbocycles. The summed E-state index contributed by atoms with van der Waals surface area (Å²) in [6.07, 6.45) is 0. The van der Waals surface area contributed by atoms with Crippen LogP contribution < -0.4 is 20.3 Å². The standard InChI is InChI=1S/C21H22ClN5O4S/c1-2-27-18(12-30-17-10-8-15(22)9-11-17)23-26-21(27)32-14-20(29)25-24-19(28)13-31-16-6-4-3-5-7-16/h3-11H,2,12-14H2,1H3,(H,24,28)(H,25,29). The lowest BCUT2D eigenvalue weighted by Gasteiger charge is -2.10. The van der Waals surface area contributed by atoms with E-state index in [-0.39, 0.29) is 24.9 Å². The van der Waals surface area contributed by atoms with Crippen molar-refractivity contribution in [2.45, 2.75) is 25.2 Å². The third-order valence-electron chi connectivity index (χ3n) is 4.08. The molecule has 2 aromatic carbocycles. The molecule has 0 atom stereocenters. The van der Waals surface area contributed by atoms with E-state index >= 15 is 0 Å². The number of ether oxygens (including phenoxy) is 2. The first kappa shape index (κ1) is 23.4. The van der Waals surface area contributed by atoms with Crippen LogP contribution in [-0.2, 0) is 22.7 Å². The third-order valence-corrected chi connectivity index (χ3v) is 5.30. The van der Waals surface area contributed by atoms with Crippen LogP contribution in [0.25, 0.3) is 0 Å². The van der Waals surface area contributed by atoms with E-state index in [1.807, 2.05) is 17.6 Å². The Morgan fingerprint density at radius 1 is 0.969 bits per heavy atom. The van der Waals surface area contributed by atoms with E-state index in [1.165, 1.54) is 11.8 Å². The van der Waals surface area contributed by atoms with Gasteiger partial charge < -0.3 is 14.0 Å². The van der Waals surface area contributed by atoms with Crippen LogP contribution in [-0.4, -0.2) is 38.9 Å². The summed E-state index contributed by atoms with van der Waals surface area (Å²) in [5.74, 6) is 1.07. The smallest absolute Gasteiger partial charge is 0.276 e. The molecule has 0 fully saturated rings. The van der Waals surface area contributed by atoms with Gasteiger partial charge in [-0.25, -0.2) is 0 Å². The summed E-state index contributed by atoms with van der Waals surface area (Å²) in [6, 6.07) is 16.0. The van der Waals surface area contributed by atoms with E-state index in [1.54, 1.807) is 48.5 Å². The van der Waals surface area contributed by atoms with Crippen molar-refractivity contribution >= 4 is 35.2 Å². The predicted octanol–water partition coefficient (Wildman–Crippen LogP) is 2.85. The highest BCUT2D eigenvalue weighted by molar-refractivity contribution is 7.99. The summed E-state index contributed by atoms with van der Waals surface area (Å²) in [6.45, 7) is 2.58. The number of nitrogens with one attached hydrogen (secondary N) is 2. The number of benzene rings is 2. The van der Waals surface area contributed by atoms with Crippen LogP contribution in [0, 0.1) is 0 Å². The average Bonchev–Trinajstić information content (AvgIpc) is 3.22. The number of carbonyl (C=O) groups is 2. The maximum absolute atomic E-state index is 12.1. The number of aromatic nitrogens is 3. The fourth-order valence-corrected chi connectivity index (χ4v) is 3.48. The maximum atomic E-state index is 12.1. The van der Waals surface area contributed by atoms with Gasteiger partial charge in [-0.1, -0.05) is 41.6 Å². The van der Waals surface area contributed by atoms with Gasteiger partial charge in [-0.2, -0.15) is 0 Å². The Bertz CT molecular complexity index is 1030. The van der Waals surface area contributed by atoms with E-state index in [0.29, 0.717) is 34.0 Å². The van der Waals surface area contributed by atoms with Crippen LogP contribution >= 0.6 is 23.4 Å². The van der Waals surface area contributed by atoms with Gasteiger partial charge in [0.25, 0.3) is 5.91 Å². The molecule has 2 N–H and O–H groups in total. The van der Waals surface area contributed by atoms with Gasteiger partial charge in [-0.3, -0.25) is 20.4 Å². The predicted molar refractivity (Wildman–Crippen MR) is 120 cm³/mol. The zero-order chi connectivity index (χ0) is 22.8. The molecule has 0 aliphatic carbocycles. The van der Waals surface area contributed by atoms with E-state index in [4.69, 9.17) is 21.1 Å². The lowest BCUT2D eigenvalue weighted by atomic mass is 10.3. The summed E-state index contributed by atoms with van der Waals surface area (Å²) < 4.78 is 12.9. The highest BCUT2D eigenvalue weighted by Crippen LogP contribution is 2.19. The summed E-state index contributed by atoms with van der Waals surface area (Å²) in [5, 5.41) is 9.49. The van der Waals surface area contributed by atoms with Crippen LogP contribution in [0.15, 0.2) is 59.8 Å². The van der Waals surface area contributed by atoms with Crippen LogP contribution in [0.3, 0.4) is 0 Å². The minimum Gasteiger partial charge on any atom is -0.486 e. The minimum absolute atomic E-state index is 0.0516. The highest BCUT2D eigenvalue weighted by Gasteiger charge is 2.14. The molecule has 9 nitrogen and oxygen atoms in total. The van der Waals surface area contributed by atoms with E-state index in [0.717, 1.165) is 0 Å². The lowest BCUT2D eigenvalue weighted by molar-refractivity contribution is -0.128. The normalized spacial score (nSPS) is 10.4. The molecule has 0 aliphatic heterocycles. The number of halogens is 1. The second-order valence-electron chi connectivity index (χ2n) is 6.37. The van der Waals surface area contributed by atoms with Gasteiger partial charge in [0, 0.05) is 11.6 Å². The molecule has 1 heterocycles. The second kappa shape index (κ2) is 12.0. The SMILES string of the molecule is CCn1c(COc2ccc(Cl)cc2)nnc1SCC(=O)NNC(=O)COc1ccccc1. The molecule has 2 amide bonds.